The molecular weight excluding hydrogens is 258 g/mol. The van der Waals surface area contributed by atoms with Crippen molar-refractivity contribution in [3.05, 3.63) is 0 Å². The minimum absolute atomic E-state index is 0.0175. The zero-order valence-corrected chi connectivity index (χ0v) is 12.3. The van der Waals surface area contributed by atoms with Crippen molar-refractivity contribution in [2.24, 2.45) is 5.41 Å². The highest BCUT2D eigenvalue weighted by Gasteiger charge is 2.42. The number of amides is 1. The summed E-state index contributed by atoms with van der Waals surface area (Å²) in [5, 5.41) is 9.54. The van der Waals surface area contributed by atoms with Crippen LogP contribution in [0.2, 0.25) is 0 Å². The van der Waals surface area contributed by atoms with Crippen LogP contribution in [0.4, 0.5) is 0 Å². The van der Waals surface area contributed by atoms with E-state index in [-0.39, 0.29) is 18.4 Å². The van der Waals surface area contributed by atoms with Crippen molar-refractivity contribution in [1.29, 1.82) is 0 Å². The van der Waals surface area contributed by atoms with Gasteiger partial charge in [-0.3, -0.25) is 9.59 Å². The Labute approximate surface area is 120 Å². The van der Waals surface area contributed by atoms with Gasteiger partial charge in [-0.1, -0.05) is 19.3 Å². The molecule has 0 bridgehead atoms. The molecule has 1 aliphatic heterocycles. The first-order valence-electron chi connectivity index (χ1n) is 7.61. The van der Waals surface area contributed by atoms with Crippen molar-refractivity contribution in [2.45, 2.75) is 57.5 Å². The van der Waals surface area contributed by atoms with E-state index in [1.54, 1.807) is 12.0 Å². The lowest BCUT2D eigenvalue weighted by Crippen LogP contribution is -2.46. The van der Waals surface area contributed by atoms with Crippen LogP contribution in [0.15, 0.2) is 0 Å². The summed E-state index contributed by atoms with van der Waals surface area (Å²) >= 11 is 0. The molecule has 114 valence electrons. The van der Waals surface area contributed by atoms with Gasteiger partial charge in [-0.25, -0.2) is 0 Å². The van der Waals surface area contributed by atoms with E-state index in [0.29, 0.717) is 19.4 Å². The Morgan fingerprint density at radius 2 is 1.95 bits per heavy atom. The molecule has 0 aromatic rings. The van der Waals surface area contributed by atoms with Gasteiger partial charge in [-0.2, -0.15) is 0 Å². The van der Waals surface area contributed by atoms with E-state index in [0.717, 1.165) is 38.6 Å². The van der Waals surface area contributed by atoms with Crippen molar-refractivity contribution in [3.8, 4) is 0 Å². The number of hydrogen-bond acceptors (Lipinski definition) is 3. The number of carboxylic acid groups (broad SMARTS) is 1. The third-order valence-corrected chi connectivity index (χ3v) is 4.82. The predicted molar refractivity (Wildman–Crippen MR) is 74.4 cm³/mol. The highest BCUT2D eigenvalue weighted by molar-refractivity contribution is 5.85. The second-order valence-electron chi connectivity index (χ2n) is 6.16. The Morgan fingerprint density at radius 1 is 1.25 bits per heavy atom. The highest BCUT2D eigenvalue weighted by Crippen LogP contribution is 2.40. The monoisotopic (exact) mass is 283 g/mol. The molecule has 1 unspecified atom stereocenters. The van der Waals surface area contributed by atoms with E-state index in [1.165, 1.54) is 0 Å². The molecule has 0 spiro atoms. The van der Waals surface area contributed by atoms with Crippen LogP contribution in [0.1, 0.15) is 51.4 Å². The standard InChI is InChI=1S/C15H25NO4/c1-20-12-6-5-9-16(11-12)13(17)10-15(14(18)19)7-3-2-4-8-15/h12H,2-11H2,1H3,(H,18,19). The molecule has 1 saturated carbocycles. The van der Waals surface area contributed by atoms with E-state index >= 15 is 0 Å². The van der Waals surface area contributed by atoms with E-state index in [4.69, 9.17) is 4.74 Å². The van der Waals surface area contributed by atoms with Gasteiger partial charge in [0.05, 0.1) is 11.5 Å². The topological polar surface area (TPSA) is 66.8 Å². The number of carbonyl (C=O) groups excluding carboxylic acids is 1. The van der Waals surface area contributed by atoms with Crippen molar-refractivity contribution in [2.75, 3.05) is 20.2 Å². The van der Waals surface area contributed by atoms with Crippen LogP contribution in [0.3, 0.4) is 0 Å². The Kier molecular flexibility index (Phi) is 5.02. The minimum atomic E-state index is -0.824. The lowest BCUT2D eigenvalue weighted by molar-refractivity contribution is -0.156. The van der Waals surface area contributed by atoms with Crippen LogP contribution in [-0.4, -0.2) is 48.2 Å². The molecule has 2 rings (SSSR count). The highest BCUT2D eigenvalue weighted by atomic mass is 16.5. The molecule has 1 heterocycles. The zero-order valence-electron chi connectivity index (χ0n) is 12.3. The molecule has 1 atom stereocenters. The van der Waals surface area contributed by atoms with Crippen LogP contribution in [0, 0.1) is 5.41 Å². The summed E-state index contributed by atoms with van der Waals surface area (Å²) in [7, 11) is 1.67. The number of aliphatic carboxylic acids is 1. The van der Waals surface area contributed by atoms with E-state index < -0.39 is 11.4 Å². The van der Waals surface area contributed by atoms with Crippen LogP contribution in [-0.2, 0) is 14.3 Å². The Bertz CT molecular complexity index is 363. The minimum Gasteiger partial charge on any atom is -0.481 e. The first-order chi connectivity index (χ1) is 9.57. The fraction of sp³-hybridized carbons (Fsp3) is 0.867. The van der Waals surface area contributed by atoms with E-state index in [1.807, 2.05) is 0 Å². The molecule has 5 heteroatoms. The Balaban J connectivity index is 1.99. The Morgan fingerprint density at radius 3 is 2.55 bits per heavy atom. The molecule has 1 aliphatic carbocycles. The number of nitrogens with zero attached hydrogens (tertiary/aromatic N) is 1. The summed E-state index contributed by atoms with van der Waals surface area (Å²) in [5.41, 5.74) is -0.824. The summed E-state index contributed by atoms with van der Waals surface area (Å²) in [6.45, 7) is 1.33. The third-order valence-electron chi connectivity index (χ3n) is 4.82. The van der Waals surface area contributed by atoms with Gasteiger partial charge in [0.15, 0.2) is 0 Å². The van der Waals surface area contributed by atoms with Gasteiger partial charge < -0.3 is 14.7 Å². The molecule has 1 saturated heterocycles. The molecule has 5 nitrogen and oxygen atoms in total. The smallest absolute Gasteiger partial charge is 0.310 e. The number of methoxy groups -OCH3 is 1. The van der Waals surface area contributed by atoms with E-state index in [2.05, 4.69) is 0 Å². The SMILES string of the molecule is COC1CCCN(C(=O)CC2(C(=O)O)CCCCC2)C1. The fourth-order valence-corrected chi connectivity index (χ4v) is 3.45. The summed E-state index contributed by atoms with van der Waals surface area (Å²) in [4.78, 5) is 25.9. The van der Waals surface area contributed by atoms with Gasteiger partial charge in [0.2, 0.25) is 5.91 Å². The summed E-state index contributed by atoms with van der Waals surface area (Å²) < 4.78 is 5.32. The maximum absolute atomic E-state index is 12.4. The second-order valence-corrected chi connectivity index (χ2v) is 6.16. The third kappa shape index (κ3) is 3.32. The summed E-state index contributed by atoms with van der Waals surface area (Å²) in [5.74, 6) is -0.818. The lowest BCUT2D eigenvalue weighted by Gasteiger charge is -2.37. The van der Waals surface area contributed by atoms with Crippen LogP contribution in [0.5, 0.6) is 0 Å². The quantitative estimate of drug-likeness (QED) is 0.857. The van der Waals surface area contributed by atoms with Crippen molar-refractivity contribution in [1.82, 2.24) is 4.90 Å². The first kappa shape index (κ1) is 15.3. The number of piperidine rings is 1. The molecule has 0 radical (unpaired) electrons. The van der Waals surface area contributed by atoms with Crippen LogP contribution in [0.25, 0.3) is 0 Å². The number of carboxylic acids is 1. The average Bonchev–Trinajstić information content (AvgIpc) is 2.48. The molecule has 0 aromatic carbocycles. The van der Waals surface area contributed by atoms with Gasteiger partial charge in [-0.15, -0.1) is 0 Å². The molecule has 0 aromatic heterocycles. The zero-order chi connectivity index (χ0) is 14.6. The molecule has 2 fully saturated rings. The molecular formula is C15H25NO4. The summed E-state index contributed by atoms with van der Waals surface area (Å²) in [6.07, 6.45) is 6.34. The van der Waals surface area contributed by atoms with Gasteiger partial charge in [0.1, 0.15) is 0 Å². The molecule has 1 amide bonds. The van der Waals surface area contributed by atoms with Crippen LogP contribution >= 0.6 is 0 Å². The van der Waals surface area contributed by atoms with Gasteiger partial charge in [0.25, 0.3) is 0 Å². The van der Waals surface area contributed by atoms with Crippen molar-refractivity contribution < 1.29 is 19.4 Å². The molecule has 2 aliphatic rings. The first-order valence-corrected chi connectivity index (χ1v) is 7.61. The average molecular weight is 283 g/mol. The lowest BCUT2D eigenvalue weighted by atomic mass is 9.71. The number of likely N-dealkylation sites (tertiary alicyclic amines) is 1. The van der Waals surface area contributed by atoms with Gasteiger partial charge in [0, 0.05) is 26.6 Å². The maximum Gasteiger partial charge on any atom is 0.310 e. The van der Waals surface area contributed by atoms with Crippen LogP contribution < -0.4 is 0 Å². The predicted octanol–water partition coefficient (Wildman–Crippen LogP) is 2.05. The summed E-state index contributed by atoms with van der Waals surface area (Å²) in [6, 6.07) is 0. The maximum atomic E-state index is 12.4. The van der Waals surface area contributed by atoms with Gasteiger partial charge in [-0.05, 0) is 25.7 Å². The van der Waals surface area contributed by atoms with Crippen molar-refractivity contribution >= 4 is 11.9 Å². The molecule has 1 N–H and O–H groups in total. The largest absolute Gasteiger partial charge is 0.481 e. The fourth-order valence-electron chi connectivity index (χ4n) is 3.45. The van der Waals surface area contributed by atoms with Crippen molar-refractivity contribution in [3.63, 3.8) is 0 Å². The Hall–Kier alpha value is -1.10. The number of hydrogen-bond donors (Lipinski definition) is 1. The second kappa shape index (κ2) is 6.57. The molecule has 20 heavy (non-hydrogen) atoms. The van der Waals surface area contributed by atoms with E-state index in [9.17, 15) is 14.7 Å². The number of carbonyl (C=O) groups is 2. The number of rotatable bonds is 4. The number of ether oxygens (including phenoxy) is 1. The van der Waals surface area contributed by atoms with Gasteiger partial charge >= 0.3 is 5.97 Å². The normalized spacial score (nSPS) is 26.2.